The lowest BCUT2D eigenvalue weighted by molar-refractivity contribution is -0.140. The summed E-state index contributed by atoms with van der Waals surface area (Å²) in [7, 11) is 0. The van der Waals surface area contributed by atoms with E-state index in [0.717, 1.165) is 0 Å². The number of nitrogens with one attached hydrogen (secondary N) is 2. The van der Waals surface area contributed by atoms with Gasteiger partial charge in [-0.3, -0.25) is 14.7 Å². The lowest BCUT2D eigenvalue weighted by Crippen LogP contribution is -2.42. The lowest BCUT2D eigenvalue weighted by atomic mass is 10.1. The van der Waals surface area contributed by atoms with Crippen molar-refractivity contribution in [3.63, 3.8) is 0 Å². The molecule has 192 valence electrons. The number of amides is 2. The number of ether oxygens (including phenoxy) is 1. The van der Waals surface area contributed by atoms with Gasteiger partial charge in [-0.15, -0.1) is 0 Å². The molecule has 2 amide bonds. The number of aromatic nitrogens is 3. The second-order valence-corrected chi connectivity index (χ2v) is 9.65. The Bertz CT molecular complexity index is 1370. The van der Waals surface area contributed by atoms with Crippen molar-refractivity contribution in [3.05, 3.63) is 57.6 Å². The number of carbonyl (C=O) groups is 2. The van der Waals surface area contributed by atoms with Crippen LogP contribution in [0, 0.1) is 6.92 Å². The summed E-state index contributed by atoms with van der Waals surface area (Å²) in [6.45, 7) is 7.15. The first-order chi connectivity index (χ1) is 16.8. The van der Waals surface area contributed by atoms with E-state index in [9.17, 15) is 27.6 Å². The first-order valence-electron chi connectivity index (χ1n) is 11.3. The molecule has 2 aromatic heterocycles. The van der Waals surface area contributed by atoms with Crippen LogP contribution < -0.4 is 10.9 Å². The maximum absolute atomic E-state index is 13.8. The number of hydrogen-bond donors (Lipinski definition) is 2. The van der Waals surface area contributed by atoms with E-state index in [0.29, 0.717) is 17.5 Å². The van der Waals surface area contributed by atoms with Gasteiger partial charge in [0.1, 0.15) is 16.9 Å². The third-order valence-corrected chi connectivity index (χ3v) is 5.71. The number of hydrogen-bond acceptors (Lipinski definition) is 5. The zero-order chi connectivity index (χ0) is 26.4. The largest absolute Gasteiger partial charge is 0.444 e. The number of alkyl halides is 3. The summed E-state index contributed by atoms with van der Waals surface area (Å²) in [6.07, 6.45) is -4.88. The Morgan fingerprint density at radius 1 is 1.17 bits per heavy atom. The lowest BCUT2D eigenvalue weighted by Gasteiger charge is -2.24. The van der Waals surface area contributed by atoms with Crippen LogP contribution in [0.25, 0.3) is 16.8 Å². The van der Waals surface area contributed by atoms with Crippen LogP contribution in [0.15, 0.2) is 35.1 Å². The third-order valence-electron chi connectivity index (χ3n) is 5.71. The fourth-order valence-corrected chi connectivity index (χ4v) is 4.15. The molecule has 1 saturated heterocycles. The Kier molecular flexibility index (Phi) is 6.31. The van der Waals surface area contributed by atoms with Gasteiger partial charge in [0.25, 0.3) is 11.5 Å². The molecule has 1 atom stereocenters. The molecule has 0 radical (unpaired) electrons. The van der Waals surface area contributed by atoms with Crippen molar-refractivity contribution >= 4 is 17.6 Å². The number of aromatic amines is 1. The maximum Gasteiger partial charge on any atom is 0.433 e. The van der Waals surface area contributed by atoms with Crippen molar-refractivity contribution in [2.75, 3.05) is 13.1 Å². The predicted molar refractivity (Wildman–Crippen MR) is 125 cm³/mol. The molecule has 3 aromatic rings. The van der Waals surface area contributed by atoms with Gasteiger partial charge in [-0.1, -0.05) is 30.3 Å². The molecule has 2 N–H and O–H groups in total. The molecule has 1 aliphatic heterocycles. The fraction of sp³-hybridized carbons (Fsp3) is 0.417. The van der Waals surface area contributed by atoms with E-state index in [4.69, 9.17) is 4.74 Å². The predicted octanol–water partition coefficient (Wildman–Crippen LogP) is 3.76. The molecule has 9 nitrogen and oxygen atoms in total. The molecule has 0 unspecified atom stereocenters. The summed E-state index contributed by atoms with van der Waals surface area (Å²) >= 11 is 0. The Hall–Kier alpha value is -3.83. The Labute approximate surface area is 204 Å². The van der Waals surface area contributed by atoms with E-state index >= 15 is 0 Å². The number of likely N-dealkylation sites (tertiary alicyclic amines) is 1. The molecule has 36 heavy (non-hydrogen) atoms. The molecule has 0 aliphatic carbocycles. The summed E-state index contributed by atoms with van der Waals surface area (Å²) in [4.78, 5) is 44.2. The van der Waals surface area contributed by atoms with E-state index in [-0.39, 0.29) is 34.6 Å². The van der Waals surface area contributed by atoms with Gasteiger partial charge in [-0.05, 0) is 39.7 Å². The first kappa shape index (κ1) is 25.3. The van der Waals surface area contributed by atoms with E-state index < -0.39 is 41.1 Å². The highest BCUT2D eigenvalue weighted by molar-refractivity contribution is 5.95. The van der Waals surface area contributed by atoms with E-state index in [1.807, 2.05) is 0 Å². The van der Waals surface area contributed by atoms with Crippen LogP contribution in [0.4, 0.5) is 18.0 Å². The number of nitrogens with zero attached hydrogens (tertiary/aromatic N) is 3. The van der Waals surface area contributed by atoms with E-state index in [2.05, 4.69) is 15.4 Å². The van der Waals surface area contributed by atoms with Crippen molar-refractivity contribution in [1.29, 1.82) is 0 Å². The van der Waals surface area contributed by atoms with Crippen LogP contribution in [-0.2, 0) is 10.9 Å². The SMILES string of the molecule is Cc1nc2c(-c3ccccc3)c(C(F)(F)F)[nH]n2c(=O)c1C(=O)N[C@H]1CCN(C(=O)OC(C)(C)C)C1. The van der Waals surface area contributed by atoms with Crippen molar-refractivity contribution in [2.45, 2.75) is 51.9 Å². The average Bonchev–Trinajstić information content (AvgIpc) is 3.38. The number of fused-ring (bicyclic) bond motifs is 1. The Balaban J connectivity index is 1.66. The van der Waals surface area contributed by atoms with E-state index in [1.165, 1.54) is 24.0 Å². The van der Waals surface area contributed by atoms with Crippen LogP contribution in [0.1, 0.15) is 48.9 Å². The number of rotatable bonds is 3. The van der Waals surface area contributed by atoms with Gasteiger partial charge in [-0.25, -0.2) is 9.78 Å². The van der Waals surface area contributed by atoms with Gasteiger partial charge in [-0.2, -0.15) is 17.7 Å². The number of carbonyl (C=O) groups excluding carboxylic acids is 2. The average molecular weight is 505 g/mol. The Morgan fingerprint density at radius 3 is 2.44 bits per heavy atom. The van der Waals surface area contributed by atoms with Gasteiger partial charge in [0.05, 0.1) is 11.3 Å². The summed E-state index contributed by atoms with van der Waals surface area (Å²) < 4.78 is 47.5. The molecular weight excluding hydrogens is 479 g/mol. The van der Waals surface area contributed by atoms with Crippen LogP contribution in [0.3, 0.4) is 0 Å². The second kappa shape index (κ2) is 8.99. The van der Waals surface area contributed by atoms with Crippen molar-refractivity contribution in [3.8, 4) is 11.1 Å². The molecule has 1 aromatic carbocycles. The topological polar surface area (TPSA) is 109 Å². The minimum atomic E-state index is -4.80. The summed E-state index contributed by atoms with van der Waals surface area (Å²) in [5, 5.41) is 4.79. The van der Waals surface area contributed by atoms with Gasteiger partial charge >= 0.3 is 12.3 Å². The number of H-pyrrole nitrogens is 1. The van der Waals surface area contributed by atoms with Gasteiger partial charge in [0.15, 0.2) is 5.65 Å². The van der Waals surface area contributed by atoms with Gasteiger partial charge in [0.2, 0.25) is 0 Å². The highest BCUT2D eigenvalue weighted by Gasteiger charge is 2.39. The highest BCUT2D eigenvalue weighted by Crippen LogP contribution is 2.38. The minimum absolute atomic E-state index is 0.00981. The molecule has 0 spiro atoms. The van der Waals surface area contributed by atoms with Crippen molar-refractivity contribution < 1.29 is 27.5 Å². The first-order valence-corrected chi connectivity index (χ1v) is 11.3. The number of aryl methyl sites for hydroxylation is 1. The standard InChI is InChI=1S/C24H26F3N5O4/c1-13-16(20(33)29-15-10-11-31(12-15)22(35)36-23(2,3)4)21(34)32-19(28-13)17(14-8-6-5-7-9-14)18(30-32)24(25,26)27/h5-9,15,30H,10-12H2,1-4H3,(H,29,33)/t15-/m0/s1. The third kappa shape index (κ3) is 4.93. The van der Waals surface area contributed by atoms with Crippen LogP contribution >= 0.6 is 0 Å². The van der Waals surface area contributed by atoms with Crippen molar-refractivity contribution in [2.24, 2.45) is 0 Å². The monoisotopic (exact) mass is 505 g/mol. The normalized spacial score (nSPS) is 16.4. The van der Waals surface area contributed by atoms with Crippen molar-refractivity contribution in [1.82, 2.24) is 24.8 Å². The fourth-order valence-electron chi connectivity index (χ4n) is 4.15. The molecule has 1 fully saturated rings. The number of benzene rings is 1. The summed E-state index contributed by atoms with van der Waals surface area (Å²) in [6, 6.07) is 7.32. The molecule has 0 bridgehead atoms. The van der Waals surface area contributed by atoms with Gasteiger partial charge < -0.3 is 15.0 Å². The van der Waals surface area contributed by atoms with Gasteiger partial charge in [0, 0.05) is 19.1 Å². The maximum atomic E-state index is 13.8. The summed E-state index contributed by atoms with van der Waals surface area (Å²) in [5.74, 6) is -0.778. The number of halogens is 3. The van der Waals surface area contributed by atoms with E-state index in [1.54, 1.807) is 39.0 Å². The van der Waals surface area contributed by atoms with Crippen LogP contribution in [-0.4, -0.2) is 56.2 Å². The van der Waals surface area contributed by atoms with Crippen LogP contribution in [0.2, 0.25) is 0 Å². The molecule has 3 heterocycles. The smallest absolute Gasteiger partial charge is 0.433 e. The quantitative estimate of drug-likeness (QED) is 0.564. The molecular formula is C24H26F3N5O4. The minimum Gasteiger partial charge on any atom is -0.444 e. The zero-order valence-electron chi connectivity index (χ0n) is 20.2. The Morgan fingerprint density at radius 2 is 1.83 bits per heavy atom. The molecule has 4 rings (SSSR count). The second-order valence-electron chi connectivity index (χ2n) is 9.65. The zero-order valence-corrected chi connectivity index (χ0v) is 20.2. The molecule has 1 aliphatic rings. The molecule has 12 heteroatoms. The highest BCUT2D eigenvalue weighted by atomic mass is 19.4. The van der Waals surface area contributed by atoms with Crippen LogP contribution in [0.5, 0.6) is 0 Å². The molecule has 0 saturated carbocycles. The summed E-state index contributed by atoms with van der Waals surface area (Å²) in [5.41, 5.74) is -3.44.